The SMILES string of the molecule is CC1CS(=O)(=O)CCN1C(=O)C1CCc2ccccc2N1. The second-order valence-electron chi connectivity index (χ2n) is 5.89. The van der Waals surface area contributed by atoms with Gasteiger partial charge in [0.05, 0.1) is 11.5 Å². The van der Waals surface area contributed by atoms with E-state index in [4.69, 9.17) is 0 Å². The van der Waals surface area contributed by atoms with Crippen LogP contribution in [0.4, 0.5) is 5.69 Å². The van der Waals surface area contributed by atoms with Gasteiger partial charge in [0, 0.05) is 18.3 Å². The Morgan fingerprint density at radius 1 is 1.33 bits per heavy atom. The molecule has 6 heteroatoms. The highest BCUT2D eigenvalue weighted by atomic mass is 32.2. The molecule has 1 amide bonds. The molecule has 1 N–H and O–H groups in total. The van der Waals surface area contributed by atoms with Gasteiger partial charge in [0.1, 0.15) is 6.04 Å². The van der Waals surface area contributed by atoms with Crippen LogP contribution in [0.25, 0.3) is 0 Å². The first-order valence-electron chi connectivity index (χ1n) is 7.31. The van der Waals surface area contributed by atoms with E-state index in [-0.39, 0.29) is 29.5 Å². The van der Waals surface area contributed by atoms with E-state index in [0.717, 1.165) is 18.5 Å². The van der Waals surface area contributed by atoms with E-state index in [0.29, 0.717) is 6.54 Å². The van der Waals surface area contributed by atoms with Gasteiger partial charge < -0.3 is 10.2 Å². The average molecular weight is 308 g/mol. The summed E-state index contributed by atoms with van der Waals surface area (Å²) in [4.78, 5) is 14.4. The molecule has 2 unspecified atom stereocenters. The number of fused-ring (bicyclic) bond motifs is 1. The fourth-order valence-electron chi connectivity index (χ4n) is 3.15. The molecule has 1 aromatic carbocycles. The predicted octanol–water partition coefficient (Wildman–Crippen LogP) is 1.06. The molecule has 3 rings (SSSR count). The summed E-state index contributed by atoms with van der Waals surface area (Å²) in [5.74, 6) is 0.168. The maximum atomic E-state index is 12.7. The second-order valence-corrected chi connectivity index (χ2v) is 8.12. The summed E-state index contributed by atoms with van der Waals surface area (Å²) >= 11 is 0. The van der Waals surface area contributed by atoms with E-state index >= 15 is 0 Å². The van der Waals surface area contributed by atoms with Crippen LogP contribution in [0.5, 0.6) is 0 Å². The number of rotatable bonds is 1. The third-order valence-corrected chi connectivity index (χ3v) is 6.10. The average Bonchev–Trinajstić information content (AvgIpc) is 2.45. The van der Waals surface area contributed by atoms with E-state index in [2.05, 4.69) is 11.4 Å². The second kappa shape index (κ2) is 5.33. The number of hydrogen-bond acceptors (Lipinski definition) is 4. The zero-order valence-corrected chi connectivity index (χ0v) is 12.9. The number of nitrogens with one attached hydrogen (secondary N) is 1. The number of carbonyl (C=O) groups is 1. The minimum absolute atomic E-state index is 0.0203. The van der Waals surface area contributed by atoms with E-state index in [1.807, 2.05) is 25.1 Å². The lowest BCUT2D eigenvalue weighted by Gasteiger charge is -2.37. The van der Waals surface area contributed by atoms with Crippen molar-refractivity contribution in [1.82, 2.24) is 4.90 Å². The smallest absolute Gasteiger partial charge is 0.245 e. The molecule has 2 atom stereocenters. The summed E-state index contributed by atoms with van der Waals surface area (Å²) in [6.45, 7) is 2.12. The molecule has 21 heavy (non-hydrogen) atoms. The van der Waals surface area contributed by atoms with E-state index < -0.39 is 9.84 Å². The fraction of sp³-hybridized carbons (Fsp3) is 0.533. The molecule has 2 aliphatic heterocycles. The van der Waals surface area contributed by atoms with Crippen LogP contribution in [0.2, 0.25) is 0 Å². The monoisotopic (exact) mass is 308 g/mol. The van der Waals surface area contributed by atoms with Gasteiger partial charge in [-0.1, -0.05) is 18.2 Å². The molecule has 0 spiro atoms. The Morgan fingerprint density at radius 3 is 2.86 bits per heavy atom. The number of nitrogens with zero attached hydrogens (tertiary/aromatic N) is 1. The number of sulfone groups is 1. The third-order valence-electron chi connectivity index (χ3n) is 4.30. The topological polar surface area (TPSA) is 66.5 Å². The summed E-state index contributed by atoms with van der Waals surface area (Å²) in [7, 11) is -2.99. The highest BCUT2D eigenvalue weighted by molar-refractivity contribution is 7.91. The van der Waals surface area contributed by atoms with Crippen molar-refractivity contribution in [3.8, 4) is 0 Å². The van der Waals surface area contributed by atoms with Gasteiger partial charge in [-0.05, 0) is 31.4 Å². The molecule has 1 aromatic rings. The molecule has 1 saturated heterocycles. The van der Waals surface area contributed by atoms with Crippen LogP contribution >= 0.6 is 0 Å². The number of carbonyl (C=O) groups excluding carboxylic acids is 1. The van der Waals surface area contributed by atoms with Gasteiger partial charge in [0.15, 0.2) is 9.84 Å². The van der Waals surface area contributed by atoms with Crippen molar-refractivity contribution in [3.63, 3.8) is 0 Å². The maximum absolute atomic E-state index is 12.7. The quantitative estimate of drug-likeness (QED) is 0.842. The number of anilines is 1. The van der Waals surface area contributed by atoms with E-state index in [1.165, 1.54) is 5.56 Å². The third kappa shape index (κ3) is 2.90. The lowest BCUT2D eigenvalue weighted by atomic mass is 9.97. The Balaban J connectivity index is 1.72. The molecule has 0 aromatic heterocycles. The first kappa shape index (κ1) is 14.4. The fourth-order valence-corrected chi connectivity index (χ4v) is 4.71. The van der Waals surface area contributed by atoms with Crippen LogP contribution in [0.15, 0.2) is 24.3 Å². The van der Waals surface area contributed by atoms with Crippen LogP contribution in [0, 0.1) is 0 Å². The van der Waals surface area contributed by atoms with Crippen LogP contribution < -0.4 is 5.32 Å². The lowest BCUT2D eigenvalue weighted by Crippen LogP contribution is -2.54. The minimum Gasteiger partial charge on any atom is -0.373 e. The van der Waals surface area contributed by atoms with Crippen molar-refractivity contribution in [2.45, 2.75) is 31.8 Å². The Morgan fingerprint density at radius 2 is 2.10 bits per heavy atom. The lowest BCUT2D eigenvalue weighted by molar-refractivity contribution is -0.133. The summed E-state index contributed by atoms with van der Waals surface area (Å²) in [5.41, 5.74) is 2.25. The van der Waals surface area contributed by atoms with Gasteiger partial charge >= 0.3 is 0 Å². The van der Waals surface area contributed by atoms with Gasteiger partial charge in [-0.2, -0.15) is 0 Å². The van der Waals surface area contributed by atoms with Crippen LogP contribution in [-0.4, -0.2) is 49.4 Å². The summed E-state index contributed by atoms with van der Waals surface area (Å²) < 4.78 is 23.2. The van der Waals surface area contributed by atoms with Crippen LogP contribution in [0.1, 0.15) is 18.9 Å². The first-order valence-corrected chi connectivity index (χ1v) is 9.14. The highest BCUT2D eigenvalue weighted by Gasteiger charge is 2.35. The first-order chi connectivity index (χ1) is 9.96. The molecule has 0 bridgehead atoms. The summed E-state index contributed by atoms with van der Waals surface area (Å²) in [5, 5.41) is 3.29. The van der Waals surface area contributed by atoms with Gasteiger partial charge in [-0.15, -0.1) is 0 Å². The molecule has 0 aliphatic carbocycles. The number of para-hydroxylation sites is 1. The molecular formula is C15H20N2O3S. The Hall–Kier alpha value is -1.56. The summed E-state index contributed by atoms with van der Waals surface area (Å²) in [6, 6.07) is 7.52. The molecule has 5 nitrogen and oxygen atoms in total. The Bertz CT molecular complexity index is 657. The van der Waals surface area contributed by atoms with E-state index in [9.17, 15) is 13.2 Å². The zero-order chi connectivity index (χ0) is 15.0. The van der Waals surface area contributed by atoms with Crippen molar-refractivity contribution < 1.29 is 13.2 Å². The highest BCUT2D eigenvalue weighted by Crippen LogP contribution is 2.26. The standard InChI is InChI=1S/C15H20N2O3S/c1-11-10-21(19,20)9-8-17(11)15(18)14-7-6-12-4-2-3-5-13(12)16-14/h2-5,11,14,16H,6-10H2,1H3. The van der Waals surface area contributed by atoms with Crippen molar-refractivity contribution >= 4 is 21.4 Å². The van der Waals surface area contributed by atoms with Crippen molar-refractivity contribution in [1.29, 1.82) is 0 Å². The van der Waals surface area contributed by atoms with Gasteiger partial charge in [0.2, 0.25) is 5.91 Å². The Labute approximate surface area is 125 Å². The number of amides is 1. The maximum Gasteiger partial charge on any atom is 0.245 e. The number of benzene rings is 1. The number of aryl methyl sites for hydroxylation is 1. The van der Waals surface area contributed by atoms with Gasteiger partial charge in [-0.25, -0.2) is 8.42 Å². The Kier molecular flexibility index (Phi) is 3.65. The van der Waals surface area contributed by atoms with Crippen LogP contribution in [0.3, 0.4) is 0 Å². The molecule has 0 saturated carbocycles. The molecule has 0 radical (unpaired) electrons. The number of hydrogen-bond donors (Lipinski definition) is 1. The molecule has 2 heterocycles. The van der Waals surface area contributed by atoms with Crippen LogP contribution in [-0.2, 0) is 21.1 Å². The van der Waals surface area contributed by atoms with Crippen molar-refractivity contribution in [3.05, 3.63) is 29.8 Å². The molecule has 1 fully saturated rings. The normalized spacial score (nSPS) is 27.6. The predicted molar refractivity (Wildman–Crippen MR) is 82.0 cm³/mol. The van der Waals surface area contributed by atoms with Gasteiger partial charge in [0.25, 0.3) is 0 Å². The largest absolute Gasteiger partial charge is 0.373 e. The molecule has 2 aliphatic rings. The molecular weight excluding hydrogens is 288 g/mol. The molecule has 114 valence electrons. The zero-order valence-electron chi connectivity index (χ0n) is 12.1. The summed E-state index contributed by atoms with van der Waals surface area (Å²) in [6.07, 6.45) is 1.63. The van der Waals surface area contributed by atoms with Crippen molar-refractivity contribution in [2.24, 2.45) is 0 Å². The minimum atomic E-state index is -2.99. The van der Waals surface area contributed by atoms with Crippen molar-refractivity contribution in [2.75, 3.05) is 23.4 Å². The van der Waals surface area contributed by atoms with E-state index in [1.54, 1.807) is 4.90 Å². The van der Waals surface area contributed by atoms with Gasteiger partial charge in [-0.3, -0.25) is 4.79 Å².